The van der Waals surface area contributed by atoms with Crippen molar-refractivity contribution in [3.8, 4) is 0 Å². The van der Waals surface area contributed by atoms with Gasteiger partial charge in [0.2, 0.25) is 5.91 Å². The summed E-state index contributed by atoms with van der Waals surface area (Å²) in [6.07, 6.45) is 1.82. The van der Waals surface area contributed by atoms with Crippen LogP contribution < -0.4 is 5.32 Å². The van der Waals surface area contributed by atoms with Crippen molar-refractivity contribution in [2.24, 2.45) is 11.8 Å². The van der Waals surface area contributed by atoms with Gasteiger partial charge in [0.05, 0.1) is 11.8 Å². The third-order valence-corrected chi connectivity index (χ3v) is 3.70. The highest BCUT2D eigenvalue weighted by atomic mass is 19.1. The van der Waals surface area contributed by atoms with Crippen molar-refractivity contribution in [2.45, 2.75) is 26.2 Å². The number of benzene rings is 1. The van der Waals surface area contributed by atoms with Gasteiger partial charge in [0, 0.05) is 11.3 Å². The molecule has 1 fully saturated rings. The van der Waals surface area contributed by atoms with Crippen LogP contribution >= 0.6 is 0 Å². The number of halogens is 1. The van der Waals surface area contributed by atoms with Crippen molar-refractivity contribution in [3.63, 3.8) is 0 Å². The van der Waals surface area contributed by atoms with Crippen LogP contribution in [0.2, 0.25) is 0 Å². The molecule has 0 heterocycles. The van der Waals surface area contributed by atoms with Gasteiger partial charge in [-0.2, -0.15) is 0 Å². The number of carbonyl (C=O) groups excluding carboxylic acids is 1. The molecule has 1 aliphatic carbocycles. The van der Waals surface area contributed by atoms with Crippen molar-refractivity contribution in [3.05, 3.63) is 29.6 Å². The van der Waals surface area contributed by atoms with Crippen LogP contribution in [0.4, 0.5) is 10.1 Å². The second-order valence-corrected chi connectivity index (χ2v) is 4.88. The normalized spacial score (nSPS) is 22.2. The molecule has 0 aromatic heterocycles. The van der Waals surface area contributed by atoms with Crippen LogP contribution in [0, 0.1) is 24.6 Å². The summed E-state index contributed by atoms with van der Waals surface area (Å²) in [6, 6.07) is 4.45. The minimum absolute atomic E-state index is 0.335. The van der Waals surface area contributed by atoms with E-state index in [9.17, 15) is 14.0 Å². The molecule has 0 aliphatic heterocycles. The standard InChI is InChI=1S/C14H16FNO3/c1-8-11(15)6-3-7-12(8)16-13(17)9-4-2-5-10(9)14(18)19/h3,6-7,9-10H,2,4-5H2,1H3,(H,16,17)(H,18,19). The Morgan fingerprint density at radius 2 is 2.00 bits per heavy atom. The molecule has 2 rings (SSSR count). The number of nitrogens with one attached hydrogen (secondary N) is 1. The molecule has 102 valence electrons. The first-order valence-electron chi connectivity index (χ1n) is 6.29. The summed E-state index contributed by atoms with van der Waals surface area (Å²) < 4.78 is 13.4. The van der Waals surface area contributed by atoms with Crippen LogP contribution in [-0.4, -0.2) is 17.0 Å². The Balaban J connectivity index is 2.13. The maximum atomic E-state index is 13.4. The van der Waals surface area contributed by atoms with Crippen LogP contribution in [0.15, 0.2) is 18.2 Å². The van der Waals surface area contributed by atoms with Gasteiger partial charge in [-0.15, -0.1) is 0 Å². The summed E-state index contributed by atoms with van der Waals surface area (Å²) in [4.78, 5) is 23.1. The van der Waals surface area contributed by atoms with Gasteiger partial charge in [-0.25, -0.2) is 4.39 Å². The van der Waals surface area contributed by atoms with Crippen molar-refractivity contribution in [1.29, 1.82) is 0 Å². The number of hydrogen-bond acceptors (Lipinski definition) is 2. The predicted octanol–water partition coefficient (Wildman–Crippen LogP) is 2.57. The van der Waals surface area contributed by atoms with Gasteiger partial charge >= 0.3 is 5.97 Å². The summed E-state index contributed by atoms with van der Waals surface area (Å²) in [5.74, 6) is -2.82. The van der Waals surface area contributed by atoms with E-state index in [2.05, 4.69) is 5.32 Å². The Morgan fingerprint density at radius 1 is 1.32 bits per heavy atom. The molecule has 2 N–H and O–H groups in total. The topological polar surface area (TPSA) is 66.4 Å². The number of amides is 1. The number of carboxylic acid groups (broad SMARTS) is 1. The van der Waals surface area contributed by atoms with Crippen LogP contribution in [-0.2, 0) is 9.59 Å². The first kappa shape index (κ1) is 13.5. The van der Waals surface area contributed by atoms with E-state index in [1.165, 1.54) is 12.1 Å². The largest absolute Gasteiger partial charge is 0.481 e. The molecule has 0 saturated heterocycles. The zero-order chi connectivity index (χ0) is 14.0. The molecular formula is C14H16FNO3. The number of rotatable bonds is 3. The van der Waals surface area contributed by atoms with E-state index in [0.717, 1.165) is 6.42 Å². The molecule has 2 unspecified atom stereocenters. The maximum absolute atomic E-state index is 13.4. The highest BCUT2D eigenvalue weighted by Gasteiger charge is 2.37. The van der Waals surface area contributed by atoms with Crippen molar-refractivity contribution in [1.82, 2.24) is 0 Å². The second-order valence-electron chi connectivity index (χ2n) is 4.88. The molecule has 0 radical (unpaired) electrons. The quantitative estimate of drug-likeness (QED) is 0.882. The Kier molecular flexibility index (Phi) is 3.83. The van der Waals surface area contributed by atoms with E-state index in [-0.39, 0.29) is 11.7 Å². The molecule has 1 aliphatic rings. The predicted molar refractivity (Wildman–Crippen MR) is 68.2 cm³/mol. The lowest BCUT2D eigenvalue weighted by atomic mass is 9.95. The fourth-order valence-corrected chi connectivity index (χ4v) is 2.54. The van der Waals surface area contributed by atoms with Crippen LogP contribution in [0.1, 0.15) is 24.8 Å². The molecule has 0 spiro atoms. The summed E-state index contributed by atoms with van der Waals surface area (Å²) >= 11 is 0. The molecule has 5 heteroatoms. The number of hydrogen-bond donors (Lipinski definition) is 2. The molecule has 1 saturated carbocycles. The summed E-state index contributed by atoms with van der Waals surface area (Å²) in [5, 5.41) is 11.7. The lowest BCUT2D eigenvalue weighted by molar-refractivity contribution is -0.145. The highest BCUT2D eigenvalue weighted by molar-refractivity contribution is 5.95. The fourth-order valence-electron chi connectivity index (χ4n) is 2.54. The van der Waals surface area contributed by atoms with Crippen LogP contribution in [0.3, 0.4) is 0 Å². The molecule has 0 bridgehead atoms. The second kappa shape index (κ2) is 5.38. The van der Waals surface area contributed by atoms with Crippen LogP contribution in [0.5, 0.6) is 0 Å². The van der Waals surface area contributed by atoms with Crippen molar-refractivity contribution >= 4 is 17.6 Å². The number of carboxylic acids is 1. The average molecular weight is 265 g/mol. The van der Waals surface area contributed by atoms with E-state index in [0.29, 0.717) is 24.1 Å². The average Bonchev–Trinajstić information content (AvgIpc) is 2.84. The van der Waals surface area contributed by atoms with E-state index in [4.69, 9.17) is 5.11 Å². The van der Waals surface area contributed by atoms with Crippen molar-refractivity contribution in [2.75, 3.05) is 5.32 Å². The lowest BCUT2D eigenvalue weighted by Crippen LogP contribution is -2.30. The zero-order valence-electron chi connectivity index (χ0n) is 10.6. The van der Waals surface area contributed by atoms with Gasteiger partial charge in [0.1, 0.15) is 5.82 Å². The minimum Gasteiger partial charge on any atom is -0.481 e. The molecule has 4 nitrogen and oxygen atoms in total. The zero-order valence-corrected chi connectivity index (χ0v) is 10.6. The Labute approximate surface area is 110 Å². The van der Waals surface area contributed by atoms with Gasteiger partial charge in [-0.1, -0.05) is 12.5 Å². The molecular weight excluding hydrogens is 249 g/mol. The summed E-state index contributed by atoms with van der Waals surface area (Å²) in [6.45, 7) is 1.58. The molecule has 1 amide bonds. The molecule has 19 heavy (non-hydrogen) atoms. The van der Waals surface area contributed by atoms with E-state index >= 15 is 0 Å². The van der Waals surface area contributed by atoms with E-state index in [1.807, 2.05) is 0 Å². The van der Waals surface area contributed by atoms with Gasteiger partial charge in [0.15, 0.2) is 0 Å². The smallest absolute Gasteiger partial charge is 0.307 e. The SMILES string of the molecule is Cc1c(F)cccc1NC(=O)C1CCCC1C(=O)O. The van der Waals surface area contributed by atoms with Crippen LogP contribution in [0.25, 0.3) is 0 Å². The maximum Gasteiger partial charge on any atom is 0.307 e. The Bertz CT molecular complexity index is 515. The van der Waals surface area contributed by atoms with Crippen molar-refractivity contribution < 1.29 is 19.1 Å². The first-order chi connectivity index (χ1) is 9.00. The number of anilines is 1. The minimum atomic E-state index is -0.936. The van der Waals surface area contributed by atoms with Gasteiger partial charge in [-0.3, -0.25) is 9.59 Å². The van der Waals surface area contributed by atoms with E-state index < -0.39 is 17.8 Å². The third-order valence-electron chi connectivity index (χ3n) is 3.70. The monoisotopic (exact) mass is 265 g/mol. The molecule has 1 aromatic carbocycles. The summed E-state index contributed by atoms with van der Waals surface area (Å²) in [7, 11) is 0. The number of aliphatic carboxylic acids is 1. The molecule has 1 aromatic rings. The van der Waals surface area contributed by atoms with Gasteiger partial charge < -0.3 is 10.4 Å². The fraction of sp³-hybridized carbons (Fsp3) is 0.429. The third kappa shape index (κ3) is 2.75. The molecule has 2 atom stereocenters. The number of carbonyl (C=O) groups is 2. The first-order valence-corrected chi connectivity index (χ1v) is 6.29. The van der Waals surface area contributed by atoms with Gasteiger partial charge in [-0.05, 0) is 31.9 Å². The summed E-state index contributed by atoms with van der Waals surface area (Å²) in [5.41, 5.74) is 0.766. The lowest BCUT2D eigenvalue weighted by Gasteiger charge is -2.16. The highest BCUT2D eigenvalue weighted by Crippen LogP contribution is 2.33. The van der Waals surface area contributed by atoms with E-state index in [1.54, 1.807) is 13.0 Å². The Hall–Kier alpha value is -1.91. The van der Waals surface area contributed by atoms with Gasteiger partial charge in [0.25, 0.3) is 0 Å². The Morgan fingerprint density at radius 3 is 2.68 bits per heavy atom.